The van der Waals surface area contributed by atoms with Gasteiger partial charge >= 0.3 is 0 Å². The maximum absolute atomic E-state index is 6.55. The van der Waals surface area contributed by atoms with Crippen LogP contribution in [0.3, 0.4) is 0 Å². The summed E-state index contributed by atoms with van der Waals surface area (Å²) in [5.41, 5.74) is 18.5. The summed E-state index contributed by atoms with van der Waals surface area (Å²) in [6.45, 7) is 6.66. The molecule has 12 unspecified atom stereocenters. The number of nitrogens with two attached hydrogens (primary N) is 2. The number of hydrogen-bond donors (Lipinski definition) is 4. The number of nitrogens with one attached hydrogen (secondary N) is 2. The van der Waals surface area contributed by atoms with E-state index in [0.717, 1.165) is 31.2 Å². The van der Waals surface area contributed by atoms with E-state index in [4.69, 9.17) is 11.5 Å². The van der Waals surface area contributed by atoms with E-state index in [-0.39, 0.29) is 0 Å². The normalized spacial score (nSPS) is 36.3. The SMILES string of the molecule is C/C=C(/C=C/CC(CN)/C(=C/CC(C)C1=C2C=CC=CC2C(C2C=CC(C3C=CN3)C3C=CCCC32)CC1)CNC1C=CC2CCC=CC2C1)CN. The highest BCUT2D eigenvalue weighted by Gasteiger charge is 2.45. The van der Waals surface area contributed by atoms with E-state index < -0.39 is 0 Å². The van der Waals surface area contributed by atoms with Gasteiger partial charge in [-0.05, 0) is 142 Å². The Hall–Kier alpha value is -3.18. The van der Waals surface area contributed by atoms with Crippen molar-refractivity contribution in [3.05, 3.63) is 132 Å². The third kappa shape index (κ3) is 8.30. The molecule has 7 aliphatic rings. The molecule has 0 aromatic heterocycles. The van der Waals surface area contributed by atoms with Crippen molar-refractivity contribution in [3.63, 3.8) is 0 Å². The lowest BCUT2D eigenvalue weighted by atomic mass is 9.57. The first-order valence-electron chi connectivity index (χ1n) is 20.9. The van der Waals surface area contributed by atoms with E-state index in [1.807, 2.05) is 0 Å². The molecule has 1 heterocycles. The van der Waals surface area contributed by atoms with Crippen LogP contribution in [0.1, 0.15) is 71.6 Å². The van der Waals surface area contributed by atoms with E-state index in [2.05, 4.69) is 134 Å². The van der Waals surface area contributed by atoms with Crippen LogP contribution in [0.2, 0.25) is 0 Å². The molecule has 52 heavy (non-hydrogen) atoms. The van der Waals surface area contributed by atoms with Crippen molar-refractivity contribution in [2.45, 2.75) is 83.7 Å². The Morgan fingerprint density at radius 1 is 0.885 bits per heavy atom. The molecule has 7 rings (SSSR count). The van der Waals surface area contributed by atoms with Gasteiger partial charge in [0.05, 0.1) is 6.04 Å². The average Bonchev–Trinajstić information content (AvgIpc) is 3.17. The van der Waals surface area contributed by atoms with Gasteiger partial charge in [-0.1, -0.05) is 115 Å². The monoisotopic (exact) mass is 699 g/mol. The van der Waals surface area contributed by atoms with Crippen LogP contribution in [-0.2, 0) is 0 Å². The van der Waals surface area contributed by atoms with Crippen molar-refractivity contribution in [1.29, 1.82) is 0 Å². The summed E-state index contributed by atoms with van der Waals surface area (Å²) in [5.74, 6) is 6.02. The van der Waals surface area contributed by atoms with Gasteiger partial charge in [0.15, 0.2) is 0 Å². The zero-order valence-corrected chi connectivity index (χ0v) is 32.0. The molecule has 0 spiro atoms. The lowest BCUT2D eigenvalue weighted by Gasteiger charge is -2.49. The second-order valence-electron chi connectivity index (χ2n) is 16.8. The zero-order valence-electron chi connectivity index (χ0n) is 32.0. The molecule has 0 radical (unpaired) electrons. The van der Waals surface area contributed by atoms with Gasteiger partial charge in [0, 0.05) is 31.0 Å². The Kier molecular flexibility index (Phi) is 12.7. The minimum atomic E-state index is 0.311. The van der Waals surface area contributed by atoms with E-state index in [9.17, 15) is 0 Å². The second kappa shape index (κ2) is 17.8. The molecule has 6 N–H and O–H groups in total. The van der Waals surface area contributed by atoms with Crippen LogP contribution in [0.4, 0.5) is 0 Å². The van der Waals surface area contributed by atoms with Crippen LogP contribution in [-0.4, -0.2) is 31.7 Å². The van der Waals surface area contributed by atoms with Gasteiger partial charge in [-0.3, -0.25) is 0 Å². The van der Waals surface area contributed by atoms with Gasteiger partial charge in [-0.25, -0.2) is 0 Å². The molecule has 0 fully saturated rings. The fourth-order valence-electron chi connectivity index (χ4n) is 10.8. The zero-order chi connectivity index (χ0) is 35.9. The molecule has 0 amide bonds. The summed E-state index contributed by atoms with van der Waals surface area (Å²) in [4.78, 5) is 0. The van der Waals surface area contributed by atoms with Crippen LogP contribution >= 0.6 is 0 Å². The topological polar surface area (TPSA) is 76.1 Å². The van der Waals surface area contributed by atoms with Gasteiger partial charge < -0.3 is 22.1 Å². The third-order valence-electron chi connectivity index (χ3n) is 13.9. The van der Waals surface area contributed by atoms with Crippen molar-refractivity contribution < 1.29 is 0 Å². The highest BCUT2D eigenvalue weighted by molar-refractivity contribution is 5.41. The van der Waals surface area contributed by atoms with Crippen molar-refractivity contribution in [2.24, 2.45) is 70.6 Å². The molecule has 0 saturated heterocycles. The van der Waals surface area contributed by atoms with Crippen LogP contribution in [0.5, 0.6) is 0 Å². The van der Waals surface area contributed by atoms with Gasteiger partial charge in [0.25, 0.3) is 0 Å². The molecule has 0 bridgehead atoms. The minimum absolute atomic E-state index is 0.311. The Morgan fingerprint density at radius 3 is 2.54 bits per heavy atom. The summed E-state index contributed by atoms with van der Waals surface area (Å²) < 4.78 is 0. The molecule has 4 nitrogen and oxygen atoms in total. The van der Waals surface area contributed by atoms with Crippen LogP contribution < -0.4 is 22.1 Å². The van der Waals surface area contributed by atoms with Crippen LogP contribution in [0.15, 0.2) is 132 Å². The lowest BCUT2D eigenvalue weighted by molar-refractivity contribution is 0.128. The largest absolute Gasteiger partial charge is 0.384 e. The van der Waals surface area contributed by atoms with Crippen molar-refractivity contribution in [1.82, 2.24) is 10.6 Å². The van der Waals surface area contributed by atoms with E-state index in [1.54, 1.807) is 11.1 Å². The molecule has 4 heteroatoms. The lowest BCUT2D eigenvalue weighted by Crippen LogP contribution is -2.47. The molecular formula is C48H66N4. The van der Waals surface area contributed by atoms with Gasteiger partial charge in [-0.2, -0.15) is 0 Å². The highest BCUT2D eigenvalue weighted by atomic mass is 14.9. The number of rotatable bonds is 14. The minimum Gasteiger partial charge on any atom is -0.384 e. The van der Waals surface area contributed by atoms with Crippen molar-refractivity contribution in [2.75, 3.05) is 19.6 Å². The van der Waals surface area contributed by atoms with E-state index >= 15 is 0 Å². The fraction of sp³-hybridized carbons (Fsp3) is 0.542. The average molecular weight is 699 g/mol. The van der Waals surface area contributed by atoms with E-state index in [1.165, 1.54) is 56.1 Å². The maximum Gasteiger partial charge on any atom is 0.0524 e. The second-order valence-corrected chi connectivity index (χ2v) is 16.8. The smallest absolute Gasteiger partial charge is 0.0524 e. The highest BCUT2D eigenvalue weighted by Crippen LogP contribution is 2.52. The number of allylic oxidation sites excluding steroid dienone is 15. The molecule has 278 valence electrons. The third-order valence-corrected chi connectivity index (χ3v) is 13.9. The first-order chi connectivity index (χ1) is 25.6. The Labute approximate surface area is 315 Å². The predicted molar refractivity (Wildman–Crippen MR) is 221 cm³/mol. The Bertz CT molecular complexity index is 1580. The molecular weight excluding hydrogens is 633 g/mol. The summed E-state index contributed by atoms with van der Waals surface area (Å²) in [6, 6.07) is 0.912. The fourth-order valence-corrected chi connectivity index (χ4v) is 10.8. The van der Waals surface area contributed by atoms with Gasteiger partial charge in [0.2, 0.25) is 0 Å². The quantitative estimate of drug-likeness (QED) is 0.108. The van der Waals surface area contributed by atoms with Gasteiger partial charge in [0.1, 0.15) is 0 Å². The van der Waals surface area contributed by atoms with Crippen molar-refractivity contribution >= 4 is 0 Å². The van der Waals surface area contributed by atoms with Gasteiger partial charge in [-0.15, -0.1) is 0 Å². The first kappa shape index (κ1) is 37.1. The van der Waals surface area contributed by atoms with Crippen molar-refractivity contribution in [3.8, 4) is 0 Å². The number of hydrogen-bond acceptors (Lipinski definition) is 4. The summed E-state index contributed by atoms with van der Waals surface area (Å²) in [6.07, 6.45) is 54.1. The molecule has 0 aromatic carbocycles. The molecule has 6 aliphatic carbocycles. The number of fused-ring (bicyclic) bond motifs is 3. The standard InChI is InChI=1S/C48H66N4/c1-3-34(30-49)11-10-14-37(31-50)38(32-52-39-22-21-35-12-4-5-13-36(35)29-39)20-19-33(2)40-23-24-45(42-16-7-6-15-41(40)42)46-25-26-47(48-27-28-51-48)44-18-9-8-17-43(44)46/h3,5-7,9-11,13,15-16,18,20-22,25-28,33,35-37,39,42-48,51-52H,4,8,12,14,17,19,23-24,29-32,49-50H2,1-2H3/b11-10+,34-3-,38-20+. The molecule has 0 saturated carbocycles. The molecule has 12 atom stereocenters. The molecule has 0 aromatic rings. The predicted octanol–water partition coefficient (Wildman–Crippen LogP) is 9.18. The summed E-state index contributed by atoms with van der Waals surface area (Å²) >= 11 is 0. The molecule has 1 aliphatic heterocycles. The van der Waals surface area contributed by atoms with Crippen LogP contribution in [0.25, 0.3) is 0 Å². The maximum atomic E-state index is 6.55. The summed E-state index contributed by atoms with van der Waals surface area (Å²) in [7, 11) is 0. The Morgan fingerprint density at radius 2 is 1.73 bits per heavy atom. The van der Waals surface area contributed by atoms with Crippen LogP contribution in [0, 0.1) is 59.2 Å². The van der Waals surface area contributed by atoms with E-state index in [0.29, 0.717) is 72.5 Å². The Balaban J connectivity index is 1.08. The summed E-state index contributed by atoms with van der Waals surface area (Å²) in [5, 5.41) is 7.54. The first-order valence-corrected chi connectivity index (χ1v) is 20.9.